The summed E-state index contributed by atoms with van der Waals surface area (Å²) in [5.74, 6) is 0. The van der Waals surface area contributed by atoms with Gasteiger partial charge in [0.1, 0.15) is 0 Å². The Morgan fingerprint density at radius 3 is 3.11 bits per heavy atom. The minimum Gasteiger partial charge on any atom is -0.377 e. The molecule has 1 fully saturated rings. The zero-order chi connectivity index (χ0) is 12.2. The molecule has 1 atom stereocenters. The van der Waals surface area contributed by atoms with Crippen LogP contribution in [-0.2, 0) is 11.3 Å². The highest BCUT2D eigenvalue weighted by atomic mass is 32.1. The predicted octanol–water partition coefficient (Wildman–Crippen LogP) is 3.56. The molecule has 2 heterocycles. The van der Waals surface area contributed by atoms with Crippen LogP contribution in [0.3, 0.4) is 0 Å². The van der Waals surface area contributed by atoms with Crippen molar-refractivity contribution >= 4 is 21.4 Å². The van der Waals surface area contributed by atoms with Gasteiger partial charge in [-0.3, -0.25) is 0 Å². The van der Waals surface area contributed by atoms with Crippen molar-refractivity contribution in [2.45, 2.75) is 31.9 Å². The summed E-state index contributed by atoms with van der Waals surface area (Å²) in [4.78, 5) is 0. The molecule has 0 bridgehead atoms. The highest BCUT2D eigenvalue weighted by Gasteiger charge is 2.13. The van der Waals surface area contributed by atoms with Crippen molar-refractivity contribution in [3.63, 3.8) is 0 Å². The lowest BCUT2D eigenvalue weighted by molar-refractivity contribution is 0.0168. The smallest absolute Gasteiger partial charge is 0.0699 e. The Balaban J connectivity index is 1.56. The number of benzene rings is 1. The molecule has 0 aliphatic carbocycles. The predicted molar refractivity (Wildman–Crippen MR) is 77.1 cm³/mol. The number of ether oxygens (including phenoxy) is 1. The van der Waals surface area contributed by atoms with Crippen LogP contribution in [0.1, 0.15) is 24.8 Å². The van der Waals surface area contributed by atoms with Gasteiger partial charge in [0.2, 0.25) is 0 Å². The molecule has 1 aromatic heterocycles. The van der Waals surface area contributed by atoms with E-state index in [1.807, 2.05) is 11.3 Å². The molecule has 3 heteroatoms. The Labute approximate surface area is 112 Å². The minimum atomic E-state index is 0.420. The second kappa shape index (κ2) is 5.83. The topological polar surface area (TPSA) is 21.3 Å². The first-order valence-electron chi connectivity index (χ1n) is 6.71. The van der Waals surface area contributed by atoms with Crippen LogP contribution >= 0.6 is 11.3 Å². The second-order valence-electron chi connectivity index (χ2n) is 4.88. The SMILES string of the molecule is c1ccc2c(CNCC3CCCCO3)csc2c1. The number of fused-ring (bicyclic) bond motifs is 1. The number of rotatable bonds is 4. The molecule has 96 valence electrons. The van der Waals surface area contributed by atoms with Gasteiger partial charge in [-0.15, -0.1) is 11.3 Å². The van der Waals surface area contributed by atoms with E-state index < -0.39 is 0 Å². The second-order valence-corrected chi connectivity index (χ2v) is 5.79. The van der Waals surface area contributed by atoms with Crippen molar-refractivity contribution in [3.8, 4) is 0 Å². The molecule has 1 unspecified atom stereocenters. The first kappa shape index (κ1) is 12.2. The summed E-state index contributed by atoms with van der Waals surface area (Å²) in [7, 11) is 0. The summed E-state index contributed by atoms with van der Waals surface area (Å²) in [6.45, 7) is 2.86. The number of hydrogen-bond acceptors (Lipinski definition) is 3. The summed E-state index contributed by atoms with van der Waals surface area (Å²) in [6, 6.07) is 8.61. The van der Waals surface area contributed by atoms with Crippen LogP contribution in [0.4, 0.5) is 0 Å². The van der Waals surface area contributed by atoms with Crippen LogP contribution in [0.5, 0.6) is 0 Å². The van der Waals surface area contributed by atoms with Crippen molar-refractivity contribution in [3.05, 3.63) is 35.2 Å². The van der Waals surface area contributed by atoms with Crippen molar-refractivity contribution in [1.82, 2.24) is 5.32 Å². The summed E-state index contributed by atoms with van der Waals surface area (Å²) < 4.78 is 7.10. The van der Waals surface area contributed by atoms with Crippen molar-refractivity contribution in [2.24, 2.45) is 0 Å². The van der Waals surface area contributed by atoms with Crippen LogP contribution in [0.2, 0.25) is 0 Å². The number of hydrogen-bond donors (Lipinski definition) is 1. The van der Waals surface area contributed by atoms with Crippen molar-refractivity contribution in [2.75, 3.05) is 13.2 Å². The Bertz CT molecular complexity index is 502. The maximum absolute atomic E-state index is 5.72. The molecule has 18 heavy (non-hydrogen) atoms. The summed E-state index contributed by atoms with van der Waals surface area (Å²) >= 11 is 1.83. The van der Waals surface area contributed by atoms with Crippen LogP contribution < -0.4 is 5.32 Å². The van der Waals surface area contributed by atoms with Gasteiger partial charge in [-0.05, 0) is 41.7 Å². The lowest BCUT2D eigenvalue weighted by atomic mass is 10.1. The molecular formula is C15H19NOS. The number of nitrogens with one attached hydrogen (secondary N) is 1. The van der Waals surface area contributed by atoms with Crippen molar-refractivity contribution in [1.29, 1.82) is 0 Å². The first-order valence-corrected chi connectivity index (χ1v) is 7.59. The van der Waals surface area contributed by atoms with E-state index in [4.69, 9.17) is 4.74 Å². The normalized spacial score (nSPS) is 20.3. The molecular weight excluding hydrogens is 242 g/mol. The van der Waals surface area contributed by atoms with E-state index >= 15 is 0 Å². The van der Waals surface area contributed by atoms with Crippen LogP contribution in [0, 0.1) is 0 Å². The maximum atomic E-state index is 5.72. The Morgan fingerprint density at radius 1 is 1.28 bits per heavy atom. The highest BCUT2D eigenvalue weighted by Crippen LogP contribution is 2.25. The van der Waals surface area contributed by atoms with E-state index in [9.17, 15) is 0 Å². The van der Waals surface area contributed by atoms with Gasteiger partial charge < -0.3 is 10.1 Å². The van der Waals surface area contributed by atoms with Crippen LogP contribution in [0.25, 0.3) is 10.1 Å². The highest BCUT2D eigenvalue weighted by molar-refractivity contribution is 7.17. The van der Waals surface area contributed by atoms with Crippen molar-refractivity contribution < 1.29 is 4.74 Å². The third-order valence-electron chi connectivity index (χ3n) is 3.52. The molecule has 1 aliphatic rings. The third kappa shape index (κ3) is 2.74. The third-order valence-corrected chi connectivity index (χ3v) is 4.53. The molecule has 3 rings (SSSR count). The largest absolute Gasteiger partial charge is 0.377 e. The molecule has 0 spiro atoms. The van der Waals surface area contributed by atoms with Crippen LogP contribution in [-0.4, -0.2) is 19.3 Å². The van der Waals surface area contributed by atoms with E-state index in [0.717, 1.165) is 19.7 Å². The van der Waals surface area contributed by atoms with Crippen LogP contribution in [0.15, 0.2) is 29.6 Å². The molecule has 0 amide bonds. The Kier molecular flexibility index (Phi) is 3.93. The Hall–Kier alpha value is -0.900. The lowest BCUT2D eigenvalue weighted by Gasteiger charge is -2.22. The summed E-state index contributed by atoms with van der Waals surface area (Å²) in [5, 5.41) is 7.18. The average Bonchev–Trinajstić information content (AvgIpc) is 2.84. The standard InChI is InChI=1S/C15H19NOS/c1-2-7-15-14(6-1)12(11-18-15)9-16-10-13-5-3-4-8-17-13/h1-2,6-7,11,13,16H,3-5,8-10H2. The molecule has 2 aromatic rings. The molecule has 1 aromatic carbocycles. The first-order chi connectivity index (χ1) is 8.93. The van der Waals surface area contributed by atoms with E-state index in [2.05, 4.69) is 35.0 Å². The quantitative estimate of drug-likeness (QED) is 0.908. The fourth-order valence-electron chi connectivity index (χ4n) is 2.51. The van der Waals surface area contributed by atoms with Gasteiger partial charge in [0, 0.05) is 24.4 Å². The van der Waals surface area contributed by atoms with E-state index in [0.29, 0.717) is 6.10 Å². The Morgan fingerprint density at radius 2 is 2.22 bits per heavy atom. The summed E-state index contributed by atoms with van der Waals surface area (Å²) in [6.07, 6.45) is 4.17. The fourth-order valence-corrected chi connectivity index (χ4v) is 3.47. The molecule has 1 aliphatic heterocycles. The zero-order valence-electron chi connectivity index (χ0n) is 10.5. The molecule has 1 N–H and O–H groups in total. The van der Waals surface area contributed by atoms with E-state index in [1.54, 1.807) is 0 Å². The monoisotopic (exact) mass is 261 g/mol. The van der Waals surface area contributed by atoms with Gasteiger partial charge in [0.05, 0.1) is 6.10 Å². The van der Waals surface area contributed by atoms with Gasteiger partial charge in [0.15, 0.2) is 0 Å². The van der Waals surface area contributed by atoms with Gasteiger partial charge >= 0.3 is 0 Å². The van der Waals surface area contributed by atoms with Gasteiger partial charge in [-0.1, -0.05) is 18.2 Å². The lowest BCUT2D eigenvalue weighted by Crippen LogP contribution is -2.31. The minimum absolute atomic E-state index is 0.420. The van der Waals surface area contributed by atoms with Gasteiger partial charge in [0.25, 0.3) is 0 Å². The number of thiophene rings is 1. The average molecular weight is 261 g/mol. The zero-order valence-corrected chi connectivity index (χ0v) is 11.3. The fraction of sp³-hybridized carbons (Fsp3) is 0.467. The summed E-state index contributed by atoms with van der Waals surface area (Å²) in [5.41, 5.74) is 1.41. The molecule has 0 radical (unpaired) electrons. The molecule has 0 saturated carbocycles. The van der Waals surface area contributed by atoms with Gasteiger partial charge in [-0.2, -0.15) is 0 Å². The van der Waals surface area contributed by atoms with Gasteiger partial charge in [-0.25, -0.2) is 0 Å². The molecule has 2 nitrogen and oxygen atoms in total. The van der Waals surface area contributed by atoms with E-state index in [-0.39, 0.29) is 0 Å². The van der Waals surface area contributed by atoms with E-state index in [1.165, 1.54) is 34.9 Å². The maximum Gasteiger partial charge on any atom is 0.0699 e. The molecule has 1 saturated heterocycles.